The Balaban J connectivity index is 2.31. The molecule has 0 radical (unpaired) electrons. The van der Waals surface area contributed by atoms with E-state index < -0.39 is 0 Å². The molecule has 0 aliphatic carbocycles. The SMILES string of the molecule is CC(C)OCC(=O)N1CCN(CC(O)C(C)(C)C)CC1. The van der Waals surface area contributed by atoms with Gasteiger partial charge in [-0.25, -0.2) is 0 Å². The summed E-state index contributed by atoms with van der Waals surface area (Å²) in [6, 6.07) is 0. The fourth-order valence-electron chi connectivity index (χ4n) is 2.03. The van der Waals surface area contributed by atoms with Gasteiger partial charge in [0.15, 0.2) is 0 Å². The van der Waals surface area contributed by atoms with Crippen LogP contribution in [0, 0.1) is 5.41 Å². The van der Waals surface area contributed by atoms with Gasteiger partial charge in [0.2, 0.25) is 5.91 Å². The van der Waals surface area contributed by atoms with Crippen molar-refractivity contribution in [1.82, 2.24) is 9.80 Å². The molecule has 0 saturated carbocycles. The van der Waals surface area contributed by atoms with E-state index in [1.165, 1.54) is 0 Å². The third kappa shape index (κ3) is 5.77. The lowest BCUT2D eigenvalue weighted by Gasteiger charge is -2.38. The highest BCUT2D eigenvalue weighted by atomic mass is 16.5. The molecule has 1 rings (SSSR count). The van der Waals surface area contributed by atoms with Crippen LogP contribution in [0.25, 0.3) is 0 Å². The smallest absolute Gasteiger partial charge is 0.248 e. The van der Waals surface area contributed by atoms with Gasteiger partial charge in [0, 0.05) is 32.7 Å². The molecule has 0 aromatic heterocycles. The minimum atomic E-state index is -0.339. The predicted molar refractivity (Wildman–Crippen MR) is 79.6 cm³/mol. The van der Waals surface area contributed by atoms with Crippen LogP contribution in [0.1, 0.15) is 34.6 Å². The first-order valence-electron chi connectivity index (χ1n) is 7.50. The Labute approximate surface area is 122 Å². The lowest BCUT2D eigenvalue weighted by atomic mass is 9.89. The largest absolute Gasteiger partial charge is 0.391 e. The maximum Gasteiger partial charge on any atom is 0.248 e. The molecule has 5 heteroatoms. The Morgan fingerprint density at radius 3 is 2.20 bits per heavy atom. The molecule has 1 fully saturated rings. The maximum atomic E-state index is 11.9. The molecule has 1 amide bonds. The first-order chi connectivity index (χ1) is 9.20. The fourth-order valence-corrected chi connectivity index (χ4v) is 2.03. The second kappa shape index (κ2) is 7.38. The number of amides is 1. The Hall–Kier alpha value is -0.650. The molecule has 0 bridgehead atoms. The summed E-state index contributed by atoms with van der Waals surface area (Å²) in [4.78, 5) is 16.0. The van der Waals surface area contributed by atoms with Gasteiger partial charge in [0.05, 0.1) is 12.2 Å². The molecular weight excluding hydrogens is 256 g/mol. The van der Waals surface area contributed by atoms with E-state index >= 15 is 0 Å². The molecule has 1 saturated heterocycles. The number of carbonyl (C=O) groups excluding carboxylic acids is 1. The molecule has 20 heavy (non-hydrogen) atoms. The van der Waals surface area contributed by atoms with Crippen LogP contribution in [-0.2, 0) is 9.53 Å². The Kier molecular flexibility index (Phi) is 6.43. The quantitative estimate of drug-likeness (QED) is 0.818. The van der Waals surface area contributed by atoms with Crippen molar-refractivity contribution in [3.05, 3.63) is 0 Å². The highest BCUT2D eigenvalue weighted by Crippen LogP contribution is 2.20. The van der Waals surface area contributed by atoms with E-state index in [0.29, 0.717) is 6.54 Å². The van der Waals surface area contributed by atoms with Gasteiger partial charge < -0.3 is 14.7 Å². The van der Waals surface area contributed by atoms with Crippen molar-refractivity contribution in [1.29, 1.82) is 0 Å². The average Bonchev–Trinajstić information content (AvgIpc) is 2.35. The summed E-state index contributed by atoms with van der Waals surface area (Å²) in [5, 5.41) is 10.1. The average molecular weight is 286 g/mol. The van der Waals surface area contributed by atoms with Crippen molar-refractivity contribution in [3.63, 3.8) is 0 Å². The van der Waals surface area contributed by atoms with Gasteiger partial charge >= 0.3 is 0 Å². The predicted octanol–water partition coefficient (Wildman–Crippen LogP) is 0.963. The molecule has 1 heterocycles. The molecule has 0 aromatic rings. The fraction of sp³-hybridized carbons (Fsp3) is 0.933. The summed E-state index contributed by atoms with van der Waals surface area (Å²) in [5.74, 6) is 0.0646. The van der Waals surface area contributed by atoms with Crippen LogP contribution in [0.3, 0.4) is 0 Å². The van der Waals surface area contributed by atoms with Crippen molar-refractivity contribution >= 4 is 5.91 Å². The van der Waals surface area contributed by atoms with Crippen molar-refractivity contribution in [3.8, 4) is 0 Å². The van der Waals surface area contributed by atoms with E-state index in [1.54, 1.807) is 0 Å². The molecule has 1 N–H and O–H groups in total. The number of nitrogens with zero attached hydrogens (tertiary/aromatic N) is 2. The summed E-state index contributed by atoms with van der Waals surface area (Å²) in [6.45, 7) is 13.9. The Morgan fingerprint density at radius 1 is 1.20 bits per heavy atom. The van der Waals surface area contributed by atoms with Gasteiger partial charge in [0.1, 0.15) is 6.61 Å². The summed E-state index contributed by atoms with van der Waals surface area (Å²) in [7, 11) is 0. The zero-order chi connectivity index (χ0) is 15.3. The van der Waals surface area contributed by atoms with E-state index in [4.69, 9.17) is 4.74 Å². The van der Waals surface area contributed by atoms with Gasteiger partial charge in [-0.3, -0.25) is 9.69 Å². The second-order valence-electron chi connectivity index (χ2n) is 6.92. The molecule has 118 valence electrons. The third-order valence-electron chi connectivity index (χ3n) is 3.70. The van der Waals surface area contributed by atoms with Crippen LogP contribution in [0.4, 0.5) is 0 Å². The summed E-state index contributed by atoms with van der Waals surface area (Å²) in [6.07, 6.45) is -0.254. The molecule has 0 aromatic carbocycles. The molecule has 1 atom stereocenters. The summed E-state index contributed by atoms with van der Waals surface area (Å²) >= 11 is 0. The van der Waals surface area contributed by atoms with E-state index in [-0.39, 0.29) is 30.1 Å². The van der Waals surface area contributed by atoms with Gasteiger partial charge in [0.25, 0.3) is 0 Å². The summed E-state index contributed by atoms with van der Waals surface area (Å²) < 4.78 is 5.35. The minimum Gasteiger partial charge on any atom is -0.391 e. The monoisotopic (exact) mass is 286 g/mol. The van der Waals surface area contributed by atoms with E-state index in [2.05, 4.69) is 4.90 Å². The highest BCUT2D eigenvalue weighted by molar-refractivity contribution is 5.77. The number of β-amino-alcohol motifs (C(OH)–C–C–N with tert-alkyl or cyclic N) is 1. The van der Waals surface area contributed by atoms with Crippen molar-refractivity contribution in [2.45, 2.75) is 46.8 Å². The van der Waals surface area contributed by atoms with E-state index in [1.807, 2.05) is 39.5 Å². The Morgan fingerprint density at radius 2 is 1.75 bits per heavy atom. The van der Waals surface area contributed by atoms with Crippen molar-refractivity contribution < 1.29 is 14.6 Å². The zero-order valence-corrected chi connectivity index (χ0v) is 13.6. The van der Waals surface area contributed by atoms with E-state index in [9.17, 15) is 9.90 Å². The van der Waals surface area contributed by atoms with Crippen LogP contribution in [0.15, 0.2) is 0 Å². The highest BCUT2D eigenvalue weighted by Gasteiger charge is 2.27. The third-order valence-corrected chi connectivity index (χ3v) is 3.70. The first-order valence-corrected chi connectivity index (χ1v) is 7.50. The number of aliphatic hydroxyl groups excluding tert-OH is 1. The standard InChI is InChI=1S/C15H30N2O3/c1-12(2)20-11-14(19)17-8-6-16(7-9-17)10-13(18)15(3,4)5/h12-13,18H,6-11H2,1-5H3. The van der Waals surface area contributed by atoms with Crippen molar-refractivity contribution in [2.24, 2.45) is 5.41 Å². The number of piperazine rings is 1. The van der Waals surface area contributed by atoms with Crippen LogP contribution in [-0.4, -0.2) is 72.4 Å². The number of hydrogen-bond donors (Lipinski definition) is 1. The molecule has 1 aliphatic heterocycles. The van der Waals surface area contributed by atoms with Crippen LogP contribution in [0.2, 0.25) is 0 Å². The normalized spacial score (nSPS) is 19.4. The maximum absolute atomic E-state index is 11.9. The van der Waals surface area contributed by atoms with Crippen LogP contribution >= 0.6 is 0 Å². The number of ether oxygens (including phenoxy) is 1. The topological polar surface area (TPSA) is 53.0 Å². The second-order valence-corrected chi connectivity index (χ2v) is 6.92. The lowest BCUT2D eigenvalue weighted by molar-refractivity contribution is -0.139. The molecule has 1 aliphatic rings. The zero-order valence-electron chi connectivity index (χ0n) is 13.6. The first kappa shape index (κ1) is 17.4. The minimum absolute atomic E-state index is 0.0646. The number of hydrogen-bond acceptors (Lipinski definition) is 4. The number of carbonyl (C=O) groups is 1. The van der Waals surface area contributed by atoms with Crippen LogP contribution in [0.5, 0.6) is 0 Å². The molecule has 1 unspecified atom stereocenters. The lowest BCUT2D eigenvalue weighted by Crippen LogP contribution is -2.52. The van der Waals surface area contributed by atoms with Gasteiger partial charge in [-0.2, -0.15) is 0 Å². The number of aliphatic hydroxyl groups is 1. The van der Waals surface area contributed by atoms with E-state index in [0.717, 1.165) is 26.2 Å². The molecule has 0 spiro atoms. The van der Waals surface area contributed by atoms with Gasteiger partial charge in [-0.05, 0) is 19.3 Å². The Bertz CT molecular complexity index is 305. The van der Waals surface area contributed by atoms with Gasteiger partial charge in [-0.1, -0.05) is 20.8 Å². The van der Waals surface area contributed by atoms with Crippen molar-refractivity contribution in [2.75, 3.05) is 39.3 Å². The van der Waals surface area contributed by atoms with Crippen LogP contribution < -0.4 is 0 Å². The number of rotatable bonds is 5. The summed E-state index contributed by atoms with van der Waals surface area (Å²) in [5.41, 5.74) is -0.0991. The molecular formula is C15H30N2O3. The molecule has 5 nitrogen and oxygen atoms in total. The van der Waals surface area contributed by atoms with Gasteiger partial charge in [-0.15, -0.1) is 0 Å².